The second-order valence-electron chi connectivity index (χ2n) is 4.57. The molecule has 2 rings (SSSR count). The van der Waals surface area contributed by atoms with Crippen molar-refractivity contribution in [3.63, 3.8) is 0 Å². The van der Waals surface area contributed by atoms with Crippen LogP contribution in [0.2, 0.25) is 0 Å². The van der Waals surface area contributed by atoms with E-state index in [1.165, 1.54) is 11.4 Å². The number of anilines is 2. The first-order valence-electron chi connectivity index (χ1n) is 6.51. The van der Waals surface area contributed by atoms with Crippen LogP contribution in [0, 0.1) is 0 Å². The lowest BCUT2D eigenvalue weighted by atomic mass is 10.1. The van der Waals surface area contributed by atoms with Gasteiger partial charge in [-0.1, -0.05) is 34.1 Å². The summed E-state index contributed by atoms with van der Waals surface area (Å²) in [6.07, 6.45) is 0. The number of para-hydroxylation sites is 1. The van der Waals surface area contributed by atoms with Crippen LogP contribution in [0.15, 0.2) is 53.0 Å². The van der Waals surface area contributed by atoms with E-state index in [-0.39, 0.29) is 6.04 Å². The highest BCUT2D eigenvalue weighted by molar-refractivity contribution is 9.10. The molecule has 0 aliphatic carbocycles. The quantitative estimate of drug-likeness (QED) is 0.890. The molecule has 1 unspecified atom stereocenters. The maximum Gasteiger partial charge on any atom is 0.0459 e. The first-order valence-corrected chi connectivity index (χ1v) is 7.30. The molecule has 0 heterocycles. The average molecular weight is 319 g/mol. The Hall–Kier alpha value is -1.32. The fourth-order valence-corrected chi connectivity index (χ4v) is 2.61. The fourth-order valence-electron chi connectivity index (χ4n) is 2.24. The Kier molecular flexibility index (Phi) is 4.61. The molecular formula is C16H19BrN2. The standard InChI is InChI=1S/C16H19BrN2/c1-3-19(14-7-5-4-6-8-14)16-10-9-13(17)11-15(16)12(2)18/h4-12H,3,18H2,1-2H3. The first-order chi connectivity index (χ1) is 9.13. The van der Waals surface area contributed by atoms with E-state index in [0.29, 0.717) is 0 Å². The minimum absolute atomic E-state index is 0.00487. The van der Waals surface area contributed by atoms with Crippen LogP contribution in [-0.2, 0) is 0 Å². The third kappa shape index (κ3) is 3.17. The van der Waals surface area contributed by atoms with Crippen molar-refractivity contribution in [3.05, 3.63) is 58.6 Å². The molecule has 19 heavy (non-hydrogen) atoms. The lowest BCUT2D eigenvalue weighted by Gasteiger charge is -2.27. The van der Waals surface area contributed by atoms with Gasteiger partial charge in [-0.2, -0.15) is 0 Å². The zero-order valence-corrected chi connectivity index (χ0v) is 12.9. The maximum absolute atomic E-state index is 6.11. The second-order valence-corrected chi connectivity index (χ2v) is 5.49. The number of hydrogen-bond donors (Lipinski definition) is 1. The summed E-state index contributed by atoms with van der Waals surface area (Å²) < 4.78 is 1.06. The second kappa shape index (κ2) is 6.22. The largest absolute Gasteiger partial charge is 0.341 e. The molecule has 0 spiro atoms. The summed E-state index contributed by atoms with van der Waals surface area (Å²) in [5, 5.41) is 0. The van der Waals surface area contributed by atoms with Gasteiger partial charge < -0.3 is 10.6 Å². The minimum atomic E-state index is 0.00487. The van der Waals surface area contributed by atoms with Crippen LogP contribution in [0.1, 0.15) is 25.5 Å². The summed E-state index contributed by atoms with van der Waals surface area (Å²) in [5.41, 5.74) is 9.62. The Morgan fingerprint density at radius 3 is 2.42 bits per heavy atom. The number of benzene rings is 2. The molecule has 1 atom stereocenters. The van der Waals surface area contributed by atoms with Gasteiger partial charge in [0.1, 0.15) is 0 Å². The maximum atomic E-state index is 6.11. The van der Waals surface area contributed by atoms with Gasteiger partial charge in [0, 0.05) is 28.4 Å². The molecule has 0 radical (unpaired) electrons. The van der Waals surface area contributed by atoms with Crippen molar-refractivity contribution in [2.75, 3.05) is 11.4 Å². The van der Waals surface area contributed by atoms with Crippen molar-refractivity contribution in [2.45, 2.75) is 19.9 Å². The number of nitrogens with two attached hydrogens (primary N) is 1. The zero-order chi connectivity index (χ0) is 13.8. The fraction of sp³-hybridized carbons (Fsp3) is 0.250. The highest BCUT2D eigenvalue weighted by atomic mass is 79.9. The molecule has 0 saturated heterocycles. The molecular weight excluding hydrogens is 300 g/mol. The first kappa shape index (κ1) is 14.1. The number of nitrogens with zero attached hydrogens (tertiary/aromatic N) is 1. The van der Waals surface area contributed by atoms with Crippen molar-refractivity contribution < 1.29 is 0 Å². The lowest BCUT2D eigenvalue weighted by Crippen LogP contribution is -2.19. The van der Waals surface area contributed by atoms with Gasteiger partial charge in [0.05, 0.1) is 0 Å². The Morgan fingerprint density at radius 1 is 1.16 bits per heavy atom. The predicted octanol–water partition coefficient (Wildman–Crippen LogP) is 4.63. The third-order valence-corrected chi connectivity index (χ3v) is 3.65. The molecule has 0 aromatic heterocycles. The smallest absolute Gasteiger partial charge is 0.0459 e. The van der Waals surface area contributed by atoms with Crippen LogP contribution in [0.3, 0.4) is 0 Å². The van der Waals surface area contributed by atoms with Crippen LogP contribution < -0.4 is 10.6 Å². The summed E-state index contributed by atoms with van der Waals surface area (Å²) in [6.45, 7) is 5.08. The van der Waals surface area contributed by atoms with Gasteiger partial charge >= 0.3 is 0 Å². The van der Waals surface area contributed by atoms with Gasteiger partial charge in [-0.3, -0.25) is 0 Å². The van der Waals surface area contributed by atoms with E-state index >= 15 is 0 Å². The molecule has 3 heteroatoms. The number of halogens is 1. The van der Waals surface area contributed by atoms with Gasteiger partial charge in [-0.05, 0) is 49.7 Å². The summed E-state index contributed by atoms with van der Waals surface area (Å²) >= 11 is 3.52. The molecule has 2 aromatic rings. The predicted molar refractivity (Wildman–Crippen MR) is 85.9 cm³/mol. The molecule has 2 aromatic carbocycles. The Morgan fingerprint density at radius 2 is 1.84 bits per heavy atom. The Labute approximate surface area is 123 Å². The SMILES string of the molecule is CCN(c1ccccc1)c1ccc(Br)cc1C(C)N. The van der Waals surface area contributed by atoms with Crippen LogP contribution in [0.5, 0.6) is 0 Å². The van der Waals surface area contributed by atoms with Gasteiger partial charge in [0.25, 0.3) is 0 Å². The normalized spacial score (nSPS) is 12.2. The van der Waals surface area contributed by atoms with E-state index in [1.807, 2.05) is 13.0 Å². The van der Waals surface area contributed by atoms with Crippen molar-refractivity contribution >= 4 is 27.3 Å². The average Bonchev–Trinajstić information content (AvgIpc) is 2.42. The molecule has 0 bridgehead atoms. The summed E-state index contributed by atoms with van der Waals surface area (Å²) in [7, 11) is 0. The van der Waals surface area contributed by atoms with Crippen LogP contribution in [0.4, 0.5) is 11.4 Å². The van der Waals surface area contributed by atoms with Crippen LogP contribution in [0.25, 0.3) is 0 Å². The summed E-state index contributed by atoms with van der Waals surface area (Å²) in [6, 6.07) is 16.7. The van der Waals surface area contributed by atoms with Gasteiger partial charge in [0.2, 0.25) is 0 Å². The molecule has 2 N–H and O–H groups in total. The van der Waals surface area contributed by atoms with Crippen LogP contribution in [-0.4, -0.2) is 6.54 Å². The highest BCUT2D eigenvalue weighted by Gasteiger charge is 2.14. The Balaban J connectivity index is 2.50. The summed E-state index contributed by atoms with van der Waals surface area (Å²) in [5.74, 6) is 0. The molecule has 2 nitrogen and oxygen atoms in total. The zero-order valence-electron chi connectivity index (χ0n) is 11.3. The molecule has 0 amide bonds. The van der Waals surface area contributed by atoms with Gasteiger partial charge in [0.15, 0.2) is 0 Å². The topological polar surface area (TPSA) is 29.3 Å². The van der Waals surface area contributed by atoms with Gasteiger partial charge in [-0.15, -0.1) is 0 Å². The van der Waals surface area contributed by atoms with E-state index < -0.39 is 0 Å². The highest BCUT2D eigenvalue weighted by Crippen LogP contribution is 2.33. The van der Waals surface area contributed by atoms with Crippen molar-refractivity contribution in [1.29, 1.82) is 0 Å². The lowest BCUT2D eigenvalue weighted by molar-refractivity contribution is 0.810. The molecule has 100 valence electrons. The minimum Gasteiger partial charge on any atom is -0.341 e. The van der Waals surface area contributed by atoms with Gasteiger partial charge in [-0.25, -0.2) is 0 Å². The Bertz CT molecular complexity index is 538. The molecule has 0 aliphatic rings. The molecule has 0 aliphatic heterocycles. The van der Waals surface area contributed by atoms with Crippen LogP contribution >= 0.6 is 15.9 Å². The molecule has 0 fully saturated rings. The number of rotatable bonds is 4. The van der Waals surface area contributed by atoms with Crippen molar-refractivity contribution in [1.82, 2.24) is 0 Å². The van der Waals surface area contributed by atoms with E-state index in [9.17, 15) is 0 Å². The van der Waals surface area contributed by atoms with E-state index in [4.69, 9.17) is 5.73 Å². The van der Waals surface area contributed by atoms with E-state index in [1.54, 1.807) is 0 Å². The third-order valence-electron chi connectivity index (χ3n) is 3.16. The van der Waals surface area contributed by atoms with E-state index in [0.717, 1.165) is 16.6 Å². The number of hydrogen-bond acceptors (Lipinski definition) is 2. The van der Waals surface area contributed by atoms with E-state index in [2.05, 4.69) is 70.2 Å². The summed E-state index contributed by atoms with van der Waals surface area (Å²) in [4.78, 5) is 2.28. The van der Waals surface area contributed by atoms with Crippen molar-refractivity contribution in [2.24, 2.45) is 5.73 Å². The monoisotopic (exact) mass is 318 g/mol. The van der Waals surface area contributed by atoms with Crippen molar-refractivity contribution in [3.8, 4) is 0 Å². The molecule has 0 saturated carbocycles.